The molecule has 0 aromatic rings. The monoisotopic (exact) mass is 383 g/mol. The highest BCUT2D eigenvalue weighted by molar-refractivity contribution is 7.99. The molecule has 1 amide bonds. The van der Waals surface area contributed by atoms with Crippen molar-refractivity contribution in [3.63, 3.8) is 0 Å². The Kier molecular flexibility index (Phi) is 5.09. The molecule has 7 nitrogen and oxygen atoms in total. The Labute approximate surface area is 159 Å². The second-order valence-corrected chi connectivity index (χ2v) is 9.34. The first-order valence-electron chi connectivity index (χ1n) is 9.65. The third-order valence-electron chi connectivity index (χ3n) is 6.92. The lowest BCUT2D eigenvalue weighted by atomic mass is 9.64. The molecule has 4 fully saturated rings. The summed E-state index contributed by atoms with van der Waals surface area (Å²) in [5, 5.41) is 9.17. The van der Waals surface area contributed by atoms with E-state index in [9.17, 15) is 9.59 Å². The predicted molar refractivity (Wildman–Crippen MR) is 99.2 cm³/mol. The average molecular weight is 384 g/mol. The minimum absolute atomic E-state index is 0.0750. The molecule has 0 aromatic heterocycles. The molecule has 0 aromatic carbocycles. The summed E-state index contributed by atoms with van der Waals surface area (Å²) in [6.07, 6.45) is 4.77. The highest BCUT2D eigenvalue weighted by Crippen LogP contribution is 2.50. The molecular weight excluding hydrogens is 354 g/mol. The van der Waals surface area contributed by atoms with Gasteiger partial charge in [0.1, 0.15) is 6.04 Å². The summed E-state index contributed by atoms with van der Waals surface area (Å²) >= 11 is 1.82. The van der Waals surface area contributed by atoms with Gasteiger partial charge < -0.3 is 19.6 Å². The SMILES string of the molecule is COC(=O)[C@H]1CSCN1C1CCN(C2CC3(CCN(C(=O)O)C3)C2)CC1. The number of carbonyl (C=O) groups excluding carboxylic acids is 1. The standard InChI is InChI=1S/C18H29N3O4S/c1-25-16(22)15-10-26-12-21(15)13-2-5-19(6-3-13)14-8-18(9-14)4-7-20(11-18)17(23)24/h13-15H,2-12H2,1H3,(H,23,24)/t14?,15-,18?/m1/s1. The van der Waals surface area contributed by atoms with Crippen LogP contribution in [0.1, 0.15) is 32.1 Å². The van der Waals surface area contributed by atoms with Gasteiger partial charge in [-0.1, -0.05) is 0 Å². The van der Waals surface area contributed by atoms with Gasteiger partial charge in [0.2, 0.25) is 0 Å². The topological polar surface area (TPSA) is 73.3 Å². The van der Waals surface area contributed by atoms with Crippen molar-refractivity contribution in [2.45, 2.75) is 50.2 Å². The van der Waals surface area contributed by atoms with E-state index in [-0.39, 0.29) is 17.4 Å². The molecule has 0 radical (unpaired) electrons. The van der Waals surface area contributed by atoms with Crippen LogP contribution in [0.4, 0.5) is 4.79 Å². The summed E-state index contributed by atoms with van der Waals surface area (Å²) in [5.74, 6) is 1.68. The van der Waals surface area contributed by atoms with Crippen LogP contribution in [0, 0.1) is 5.41 Å². The lowest BCUT2D eigenvalue weighted by molar-refractivity contribution is -0.146. The van der Waals surface area contributed by atoms with Crippen LogP contribution in [-0.4, -0.2) is 94.9 Å². The molecule has 1 saturated carbocycles. The zero-order chi connectivity index (χ0) is 18.3. The van der Waals surface area contributed by atoms with Crippen LogP contribution in [0.3, 0.4) is 0 Å². The van der Waals surface area contributed by atoms with Crippen molar-refractivity contribution in [1.82, 2.24) is 14.7 Å². The highest BCUT2D eigenvalue weighted by Gasteiger charge is 2.51. The van der Waals surface area contributed by atoms with E-state index in [1.54, 1.807) is 4.90 Å². The van der Waals surface area contributed by atoms with Crippen LogP contribution in [0.2, 0.25) is 0 Å². The number of rotatable bonds is 3. The summed E-state index contributed by atoms with van der Waals surface area (Å²) in [6, 6.07) is 1.02. The Balaban J connectivity index is 1.25. The van der Waals surface area contributed by atoms with E-state index < -0.39 is 6.09 Å². The maximum atomic E-state index is 12.0. The number of ether oxygens (including phenoxy) is 1. The van der Waals surface area contributed by atoms with Crippen LogP contribution in [0.15, 0.2) is 0 Å². The van der Waals surface area contributed by atoms with Gasteiger partial charge in [0.25, 0.3) is 0 Å². The fraction of sp³-hybridized carbons (Fsp3) is 0.889. The zero-order valence-electron chi connectivity index (χ0n) is 15.4. The van der Waals surface area contributed by atoms with Gasteiger partial charge in [-0.25, -0.2) is 4.79 Å². The second kappa shape index (κ2) is 7.20. The van der Waals surface area contributed by atoms with Crippen LogP contribution < -0.4 is 0 Å². The minimum atomic E-state index is -0.769. The number of likely N-dealkylation sites (tertiary alicyclic amines) is 2. The number of hydrogen-bond donors (Lipinski definition) is 1. The number of methoxy groups -OCH3 is 1. The molecule has 4 rings (SSSR count). The number of nitrogens with zero attached hydrogens (tertiary/aromatic N) is 3. The Bertz CT molecular complexity index is 561. The molecule has 146 valence electrons. The fourth-order valence-electron chi connectivity index (χ4n) is 5.37. The number of carboxylic acid groups (broad SMARTS) is 1. The van der Waals surface area contributed by atoms with Gasteiger partial charge in [-0.2, -0.15) is 0 Å². The average Bonchev–Trinajstić information content (AvgIpc) is 3.27. The molecule has 0 unspecified atom stereocenters. The lowest BCUT2D eigenvalue weighted by Gasteiger charge is -2.52. The lowest BCUT2D eigenvalue weighted by Crippen LogP contribution is -2.56. The Morgan fingerprint density at radius 1 is 1.15 bits per heavy atom. The number of piperidine rings is 1. The first kappa shape index (κ1) is 18.4. The number of thioether (sulfide) groups is 1. The van der Waals surface area contributed by atoms with Crippen molar-refractivity contribution >= 4 is 23.8 Å². The molecular formula is C18H29N3O4S. The van der Waals surface area contributed by atoms with Crippen LogP contribution in [0.5, 0.6) is 0 Å². The summed E-state index contributed by atoms with van der Waals surface area (Å²) < 4.78 is 4.97. The molecule has 3 heterocycles. The van der Waals surface area contributed by atoms with Gasteiger partial charge in [0.15, 0.2) is 0 Å². The molecule has 1 spiro atoms. The van der Waals surface area contributed by atoms with Crippen LogP contribution in [0.25, 0.3) is 0 Å². The highest BCUT2D eigenvalue weighted by atomic mass is 32.2. The largest absolute Gasteiger partial charge is 0.468 e. The van der Waals surface area contributed by atoms with E-state index in [1.807, 2.05) is 11.8 Å². The maximum absolute atomic E-state index is 12.0. The molecule has 8 heteroatoms. The first-order chi connectivity index (χ1) is 12.5. The van der Waals surface area contributed by atoms with Crippen molar-refractivity contribution in [2.75, 3.05) is 44.9 Å². The summed E-state index contributed by atoms with van der Waals surface area (Å²) in [6.45, 7) is 3.60. The number of hydrogen-bond acceptors (Lipinski definition) is 6. The van der Waals surface area contributed by atoms with Crippen molar-refractivity contribution in [3.8, 4) is 0 Å². The van der Waals surface area contributed by atoms with E-state index in [1.165, 1.54) is 7.11 Å². The molecule has 3 saturated heterocycles. The van der Waals surface area contributed by atoms with Gasteiger partial charge in [0.05, 0.1) is 7.11 Å². The molecule has 4 aliphatic rings. The molecule has 1 atom stereocenters. The quantitative estimate of drug-likeness (QED) is 0.741. The Hall–Kier alpha value is -0.990. The van der Waals surface area contributed by atoms with Gasteiger partial charge in [-0.05, 0) is 50.6 Å². The zero-order valence-corrected chi connectivity index (χ0v) is 16.2. The van der Waals surface area contributed by atoms with E-state index in [0.717, 1.165) is 63.4 Å². The maximum Gasteiger partial charge on any atom is 0.407 e. The van der Waals surface area contributed by atoms with Crippen LogP contribution >= 0.6 is 11.8 Å². The third kappa shape index (κ3) is 3.31. The number of amides is 1. The third-order valence-corrected chi connectivity index (χ3v) is 7.95. The molecule has 3 aliphatic heterocycles. The minimum Gasteiger partial charge on any atom is -0.468 e. The summed E-state index contributed by atoms with van der Waals surface area (Å²) in [7, 11) is 1.48. The number of esters is 1. The van der Waals surface area contributed by atoms with E-state index >= 15 is 0 Å². The van der Waals surface area contributed by atoms with Crippen molar-refractivity contribution in [2.24, 2.45) is 5.41 Å². The van der Waals surface area contributed by atoms with Crippen molar-refractivity contribution < 1.29 is 19.4 Å². The smallest absolute Gasteiger partial charge is 0.407 e. The fourth-order valence-corrected chi connectivity index (χ4v) is 6.62. The molecule has 0 bridgehead atoms. The van der Waals surface area contributed by atoms with Crippen LogP contribution in [-0.2, 0) is 9.53 Å². The van der Waals surface area contributed by atoms with Gasteiger partial charge in [0, 0.05) is 36.8 Å². The Morgan fingerprint density at radius 2 is 1.88 bits per heavy atom. The summed E-state index contributed by atoms with van der Waals surface area (Å²) in [5.41, 5.74) is 0.251. The molecule has 1 aliphatic carbocycles. The van der Waals surface area contributed by atoms with Gasteiger partial charge in [-0.15, -0.1) is 11.8 Å². The van der Waals surface area contributed by atoms with E-state index in [4.69, 9.17) is 9.84 Å². The number of carbonyl (C=O) groups is 2. The normalized spacial score (nSPS) is 36.4. The predicted octanol–water partition coefficient (Wildman–Crippen LogP) is 1.53. The first-order valence-corrected chi connectivity index (χ1v) is 10.8. The molecule has 26 heavy (non-hydrogen) atoms. The molecule has 1 N–H and O–H groups in total. The second-order valence-electron chi connectivity index (χ2n) is 8.34. The summed E-state index contributed by atoms with van der Waals surface area (Å²) in [4.78, 5) is 29.7. The van der Waals surface area contributed by atoms with Gasteiger partial charge >= 0.3 is 12.1 Å². The van der Waals surface area contributed by atoms with Crippen molar-refractivity contribution in [1.29, 1.82) is 0 Å². The van der Waals surface area contributed by atoms with Crippen molar-refractivity contribution in [3.05, 3.63) is 0 Å². The van der Waals surface area contributed by atoms with E-state index in [0.29, 0.717) is 18.6 Å². The van der Waals surface area contributed by atoms with Gasteiger partial charge in [-0.3, -0.25) is 9.69 Å². The Morgan fingerprint density at radius 3 is 2.50 bits per heavy atom. The van der Waals surface area contributed by atoms with E-state index in [2.05, 4.69) is 9.80 Å².